The Morgan fingerprint density at radius 1 is 1.19 bits per heavy atom. The predicted octanol–water partition coefficient (Wildman–Crippen LogP) is 0.553. The first-order valence-electron chi connectivity index (χ1n) is 6.26. The molecule has 0 radical (unpaired) electrons. The van der Waals surface area contributed by atoms with Crippen molar-refractivity contribution in [3.8, 4) is 5.75 Å². The molecule has 0 heterocycles. The summed E-state index contributed by atoms with van der Waals surface area (Å²) in [6.45, 7) is 0.902. The summed E-state index contributed by atoms with van der Waals surface area (Å²) in [6, 6.07) is 5.87. The molecule has 118 valence electrons. The van der Waals surface area contributed by atoms with Gasteiger partial charge in [-0.15, -0.1) is 0 Å². The molecule has 0 aliphatic rings. The highest BCUT2D eigenvalue weighted by Crippen LogP contribution is 2.16. The maximum atomic E-state index is 12.0. The quantitative estimate of drug-likeness (QED) is 0.669. The topological polar surface area (TPSA) is 90.9 Å². The zero-order valence-corrected chi connectivity index (χ0v) is 12.8. The van der Waals surface area contributed by atoms with Crippen molar-refractivity contribution in [1.82, 2.24) is 4.72 Å². The normalized spacial score (nSPS) is 11.1. The number of nitrogens with one attached hydrogen (secondary N) is 1. The van der Waals surface area contributed by atoms with Gasteiger partial charge in [0.1, 0.15) is 5.75 Å². The van der Waals surface area contributed by atoms with E-state index in [0.29, 0.717) is 19.0 Å². The van der Waals surface area contributed by atoms with Gasteiger partial charge in [0.25, 0.3) is 10.0 Å². The van der Waals surface area contributed by atoms with Crippen LogP contribution < -0.4 is 9.46 Å². The van der Waals surface area contributed by atoms with Gasteiger partial charge in [0.15, 0.2) is 0 Å². The first-order valence-corrected chi connectivity index (χ1v) is 7.74. The van der Waals surface area contributed by atoms with Crippen molar-refractivity contribution in [1.29, 1.82) is 0 Å². The largest absolute Gasteiger partial charge is 0.497 e. The average molecular weight is 317 g/mol. The number of methoxy groups -OCH3 is 2. The molecule has 1 aromatic carbocycles. The van der Waals surface area contributed by atoms with Crippen LogP contribution in [0, 0.1) is 0 Å². The zero-order chi connectivity index (χ0) is 15.7. The second kappa shape index (κ2) is 8.60. The molecule has 0 bridgehead atoms. The van der Waals surface area contributed by atoms with Crippen molar-refractivity contribution in [2.45, 2.75) is 11.3 Å². The molecule has 0 aliphatic heterocycles. The molecule has 0 saturated heterocycles. The van der Waals surface area contributed by atoms with Gasteiger partial charge < -0.3 is 14.2 Å². The van der Waals surface area contributed by atoms with Crippen molar-refractivity contribution < 1.29 is 27.4 Å². The fraction of sp³-hybridized carbons (Fsp3) is 0.462. The molecule has 0 aromatic heterocycles. The minimum atomic E-state index is -3.90. The molecule has 21 heavy (non-hydrogen) atoms. The van der Waals surface area contributed by atoms with Crippen LogP contribution in [-0.4, -0.2) is 48.4 Å². The van der Waals surface area contributed by atoms with E-state index in [2.05, 4.69) is 0 Å². The van der Waals surface area contributed by atoms with Crippen LogP contribution >= 0.6 is 0 Å². The summed E-state index contributed by atoms with van der Waals surface area (Å²) in [7, 11) is -0.929. The second-order valence-corrected chi connectivity index (χ2v) is 5.75. The van der Waals surface area contributed by atoms with Crippen LogP contribution in [0.1, 0.15) is 6.42 Å². The van der Waals surface area contributed by atoms with E-state index >= 15 is 0 Å². The van der Waals surface area contributed by atoms with Gasteiger partial charge >= 0.3 is 0 Å². The molecule has 0 fully saturated rings. The number of amides is 1. The van der Waals surface area contributed by atoms with Crippen LogP contribution in [0.4, 0.5) is 0 Å². The molecule has 0 unspecified atom stereocenters. The number of hydrogen-bond donors (Lipinski definition) is 1. The third kappa shape index (κ3) is 6.11. The van der Waals surface area contributed by atoms with Crippen molar-refractivity contribution in [2.24, 2.45) is 0 Å². The van der Waals surface area contributed by atoms with Crippen LogP contribution in [-0.2, 0) is 24.3 Å². The molecule has 7 nitrogen and oxygen atoms in total. The van der Waals surface area contributed by atoms with E-state index in [4.69, 9.17) is 14.2 Å². The molecule has 0 aliphatic carbocycles. The molecule has 1 N–H and O–H groups in total. The van der Waals surface area contributed by atoms with Gasteiger partial charge in [0, 0.05) is 13.2 Å². The van der Waals surface area contributed by atoms with Crippen molar-refractivity contribution in [3.05, 3.63) is 24.3 Å². The van der Waals surface area contributed by atoms with Gasteiger partial charge in [0.05, 0.1) is 38.2 Å². The number of ether oxygens (including phenoxy) is 3. The number of benzene rings is 1. The Morgan fingerprint density at radius 2 is 1.95 bits per heavy atom. The Morgan fingerprint density at radius 3 is 2.62 bits per heavy atom. The second-order valence-electron chi connectivity index (χ2n) is 4.06. The summed E-state index contributed by atoms with van der Waals surface area (Å²) in [5.74, 6) is -0.233. The van der Waals surface area contributed by atoms with E-state index in [9.17, 15) is 13.2 Å². The fourth-order valence-electron chi connectivity index (χ4n) is 1.44. The van der Waals surface area contributed by atoms with Crippen LogP contribution in [0.25, 0.3) is 0 Å². The van der Waals surface area contributed by atoms with Crippen molar-refractivity contribution in [3.63, 3.8) is 0 Å². The van der Waals surface area contributed by atoms with Crippen LogP contribution in [0.5, 0.6) is 5.75 Å². The maximum absolute atomic E-state index is 12.0. The number of sulfonamides is 1. The maximum Gasteiger partial charge on any atom is 0.264 e. The minimum Gasteiger partial charge on any atom is -0.497 e. The Hall–Kier alpha value is -1.64. The lowest BCUT2D eigenvalue weighted by Gasteiger charge is -2.08. The van der Waals surface area contributed by atoms with Gasteiger partial charge in [-0.3, -0.25) is 4.79 Å². The molecule has 1 amide bonds. The van der Waals surface area contributed by atoms with E-state index in [1.54, 1.807) is 6.07 Å². The SMILES string of the molecule is COCCOCCC(=O)NS(=O)(=O)c1cccc(OC)c1. The Balaban J connectivity index is 2.53. The third-order valence-electron chi connectivity index (χ3n) is 2.50. The highest BCUT2D eigenvalue weighted by molar-refractivity contribution is 7.90. The molecular weight excluding hydrogens is 298 g/mol. The van der Waals surface area contributed by atoms with Gasteiger partial charge in [0.2, 0.25) is 5.91 Å². The fourth-order valence-corrected chi connectivity index (χ4v) is 2.49. The van der Waals surface area contributed by atoms with E-state index in [1.165, 1.54) is 32.4 Å². The number of hydrogen-bond acceptors (Lipinski definition) is 6. The lowest BCUT2D eigenvalue weighted by Crippen LogP contribution is -2.31. The smallest absolute Gasteiger partial charge is 0.264 e. The lowest BCUT2D eigenvalue weighted by atomic mass is 10.3. The summed E-state index contributed by atoms with van der Waals surface area (Å²) < 4.78 is 40.8. The summed E-state index contributed by atoms with van der Waals surface area (Å²) in [4.78, 5) is 11.6. The Bertz CT molecular complexity index is 558. The number of carbonyl (C=O) groups excluding carboxylic acids is 1. The van der Waals surface area contributed by atoms with Gasteiger partial charge in [-0.1, -0.05) is 6.07 Å². The van der Waals surface area contributed by atoms with E-state index in [-0.39, 0.29) is 17.9 Å². The first-order chi connectivity index (χ1) is 9.99. The number of carbonyl (C=O) groups is 1. The van der Waals surface area contributed by atoms with Crippen LogP contribution in [0.3, 0.4) is 0 Å². The molecule has 1 aromatic rings. The molecule has 8 heteroatoms. The average Bonchev–Trinajstić information content (AvgIpc) is 2.46. The van der Waals surface area contributed by atoms with E-state index in [1.807, 2.05) is 4.72 Å². The standard InChI is InChI=1S/C13H19NO6S/c1-18-8-9-20-7-6-13(15)14-21(16,17)12-5-3-4-11(10-12)19-2/h3-5,10H,6-9H2,1-2H3,(H,14,15). The first kappa shape index (κ1) is 17.4. The highest BCUT2D eigenvalue weighted by Gasteiger charge is 2.17. The van der Waals surface area contributed by atoms with Crippen molar-refractivity contribution in [2.75, 3.05) is 34.0 Å². The molecule has 0 spiro atoms. The summed E-state index contributed by atoms with van der Waals surface area (Å²) in [5.41, 5.74) is 0. The highest BCUT2D eigenvalue weighted by atomic mass is 32.2. The van der Waals surface area contributed by atoms with Crippen LogP contribution in [0.2, 0.25) is 0 Å². The van der Waals surface area contributed by atoms with Gasteiger partial charge in [-0.25, -0.2) is 13.1 Å². The van der Waals surface area contributed by atoms with E-state index in [0.717, 1.165) is 0 Å². The van der Waals surface area contributed by atoms with Crippen molar-refractivity contribution >= 4 is 15.9 Å². The predicted molar refractivity (Wildman–Crippen MR) is 75.6 cm³/mol. The monoisotopic (exact) mass is 317 g/mol. The molecular formula is C13H19NO6S. The number of rotatable bonds is 9. The lowest BCUT2D eigenvalue weighted by molar-refractivity contribution is -0.120. The van der Waals surface area contributed by atoms with Gasteiger partial charge in [-0.05, 0) is 12.1 Å². The van der Waals surface area contributed by atoms with Crippen LogP contribution in [0.15, 0.2) is 29.2 Å². The van der Waals surface area contributed by atoms with E-state index < -0.39 is 15.9 Å². The Labute approximate surface area is 124 Å². The Kier molecular flexibility index (Phi) is 7.13. The molecule has 1 rings (SSSR count). The summed E-state index contributed by atoms with van der Waals surface area (Å²) in [5, 5.41) is 0. The minimum absolute atomic E-state index is 0.0319. The zero-order valence-electron chi connectivity index (χ0n) is 12.0. The summed E-state index contributed by atoms with van der Waals surface area (Å²) in [6.07, 6.45) is -0.0487. The third-order valence-corrected chi connectivity index (χ3v) is 3.88. The molecule has 0 saturated carbocycles. The van der Waals surface area contributed by atoms with Gasteiger partial charge in [-0.2, -0.15) is 0 Å². The molecule has 0 atom stereocenters. The summed E-state index contributed by atoms with van der Waals surface area (Å²) >= 11 is 0.